The summed E-state index contributed by atoms with van der Waals surface area (Å²) in [7, 11) is 1.56. The maximum atomic E-state index is 12.6. The van der Waals surface area contributed by atoms with E-state index in [4.69, 9.17) is 14.6 Å². The lowest BCUT2D eigenvalue weighted by molar-refractivity contribution is -0.141. The van der Waals surface area contributed by atoms with E-state index in [2.05, 4.69) is 0 Å². The van der Waals surface area contributed by atoms with E-state index in [1.807, 2.05) is 0 Å². The molecule has 1 aliphatic heterocycles. The van der Waals surface area contributed by atoms with Crippen molar-refractivity contribution in [1.29, 1.82) is 0 Å². The molecule has 1 saturated heterocycles. The Hall–Kier alpha value is -2.24. The van der Waals surface area contributed by atoms with Crippen LogP contribution in [0.25, 0.3) is 0 Å². The molecule has 1 aromatic carbocycles. The normalized spacial score (nSPS) is 21.0. The fourth-order valence-corrected chi connectivity index (χ4v) is 3.41. The van der Waals surface area contributed by atoms with Crippen molar-refractivity contribution in [2.24, 2.45) is 5.92 Å². The highest BCUT2D eigenvalue weighted by Gasteiger charge is 2.31. The van der Waals surface area contributed by atoms with Crippen molar-refractivity contribution in [1.82, 2.24) is 4.90 Å². The summed E-state index contributed by atoms with van der Waals surface area (Å²) >= 11 is 0. The molecule has 1 aromatic rings. The molecule has 6 heteroatoms. The second-order valence-corrected chi connectivity index (χ2v) is 6.46. The molecule has 1 N–H and O–H groups in total. The van der Waals surface area contributed by atoms with Gasteiger partial charge in [-0.3, -0.25) is 9.59 Å². The van der Waals surface area contributed by atoms with Gasteiger partial charge in [0.1, 0.15) is 0 Å². The van der Waals surface area contributed by atoms with Crippen molar-refractivity contribution >= 4 is 11.9 Å². The first-order chi connectivity index (χ1) is 11.6. The highest BCUT2D eigenvalue weighted by Crippen LogP contribution is 2.33. The van der Waals surface area contributed by atoms with E-state index >= 15 is 0 Å². The summed E-state index contributed by atoms with van der Waals surface area (Å²) in [5.74, 6) is -0.277. The molecule has 3 rings (SSSR count). The molecular weight excluding hydrogens is 310 g/mol. The number of ether oxygens (including phenoxy) is 2. The van der Waals surface area contributed by atoms with Crippen LogP contribution < -0.4 is 9.47 Å². The molecule has 2 aliphatic rings. The number of amides is 1. The molecule has 24 heavy (non-hydrogen) atoms. The fourth-order valence-electron chi connectivity index (χ4n) is 3.41. The van der Waals surface area contributed by atoms with E-state index in [0.29, 0.717) is 30.0 Å². The zero-order chi connectivity index (χ0) is 17.1. The number of hydrogen-bond acceptors (Lipinski definition) is 4. The van der Waals surface area contributed by atoms with Gasteiger partial charge in [-0.25, -0.2) is 0 Å². The van der Waals surface area contributed by atoms with Gasteiger partial charge in [-0.05, 0) is 50.3 Å². The van der Waals surface area contributed by atoms with Crippen LogP contribution in [0.5, 0.6) is 11.5 Å². The summed E-state index contributed by atoms with van der Waals surface area (Å²) in [6.07, 6.45) is 5.19. The van der Waals surface area contributed by atoms with Gasteiger partial charge in [0.25, 0.3) is 5.91 Å². The summed E-state index contributed by atoms with van der Waals surface area (Å²) < 4.78 is 11.4. The molecule has 1 aliphatic carbocycles. The monoisotopic (exact) mass is 333 g/mol. The number of rotatable bonds is 5. The number of carbonyl (C=O) groups excluding carboxylic acids is 1. The fraction of sp³-hybridized carbons (Fsp3) is 0.556. The predicted molar refractivity (Wildman–Crippen MR) is 87.5 cm³/mol. The van der Waals surface area contributed by atoms with Gasteiger partial charge < -0.3 is 19.5 Å². The molecule has 0 spiro atoms. The Kier molecular flexibility index (Phi) is 4.92. The lowest BCUT2D eigenvalue weighted by atomic mass is 10.1. The molecule has 0 radical (unpaired) electrons. The second-order valence-electron chi connectivity index (χ2n) is 6.46. The van der Waals surface area contributed by atoms with E-state index in [9.17, 15) is 9.59 Å². The van der Waals surface area contributed by atoms with Crippen LogP contribution in [0.2, 0.25) is 0 Å². The minimum atomic E-state index is -0.844. The molecule has 1 saturated carbocycles. The van der Waals surface area contributed by atoms with E-state index in [1.165, 1.54) is 12.8 Å². The standard InChI is InChI=1S/C18H23NO5/c1-23-16-10-12(6-7-15(16)24-14-4-2-3-5-14)17(20)19-9-8-13(11-19)18(21)22/h6-7,10,13-14H,2-5,8-9,11H2,1H3,(H,21,22). The first-order valence-electron chi connectivity index (χ1n) is 8.45. The first-order valence-corrected chi connectivity index (χ1v) is 8.45. The highest BCUT2D eigenvalue weighted by molar-refractivity contribution is 5.95. The minimum absolute atomic E-state index is 0.163. The number of nitrogens with zero attached hydrogens (tertiary/aromatic N) is 1. The number of likely N-dealkylation sites (tertiary alicyclic amines) is 1. The van der Waals surface area contributed by atoms with Crippen molar-refractivity contribution < 1.29 is 24.2 Å². The molecule has 0 bridgehead atoms. The van der Waals surface area contributed by atoms with Gasteiger partial charge in [-0.1, -0.05) is 0 Å². The van der Waals surface area contributed by atoms with E-state index in [0.717, 1.165) is 12.8 Å². The topological polar surface area (TPSA) is 76.1 Å². The van der Waals surface area contributed by atoms with Crippen LogP contribution in [0, 0.1) is 5.92 Å². The first kappa shape index (κ1) is 16.6. The van der Waals surface area contributed by atoms with Crippen molar-refractivity contribution in [3.63, 3.8) is 0 Å². The van der Waals surface area contributed by atoms with Crippen LogP contribution in [0.3, 0.4) is 0 Å². The Bertz CT molecular complexity index is 624. The Labute approximate surface area is 141 Å². The quantitative estimate of drug-likeness (QED) is 0.896. The third-order valence-corrected chi connectivity index (χ3v) is 4.83. The zero-order valence-electron chi connectivity index (χ0n) is 13.9. The third-order valence-electron chi connectivity index (χ3n) is 4.83. The summed E-state index contributed by atoms with van der Waals surface area (Å²) in [5.41, 5.74) is 0.497. The number of hydrogen-bond donors (Lipinski definition) is 1. The molecule has 2 fully saturated rings. The number of aliphatic carboxylic acids is 1. The lowest BCUT2D eigenvalue weighted by Gasteiger charge is -2.19. The van der Waals surface area contributed by atoms with Crippen LogP contribution in [0.1, 0.15) is 42.5 Å². The van der Waals surface area contributed by atoms with Crippen molar-refractivity contribution in [2.45, 2.75) is 38.2 Å². The maximum Gasteiger partial charge on any atom is 0.308 e. The second kappa shape index (κ2) is 7.11. The number of carbonyl (C=O) groups is 2. The van der Waals surface area contributed by atoms with Gasteiger partial charge >= 0.3 is 5.97 Å². The van der Waals surface area contributed by atoms with Gasteiger partial charge in [0, 0.05) is 18.7 Å². The summed E-state index contributed by atoms with van der Waals surface area (Å²) in [5, 5.41) is 9.06. The van der Waals surface area contributed by atoms with Crippen LogP contribution in [-0.4, -0.2) is 48.2 Å². The molecule has 1 amide bonds. The van der Waals surface area contributed by atoms with E-state index in [1.54, 1.807) is 30.2 Å². The predicted octanol–water partition coefficient (Wildman–Crippen LogP) is 2.56. The largest absolute Gasteiger partial charge is 0.493 e. The number of carboxylic acid groups (broad SMARTS) is 1. The van der Waals surface area contributed by atoms with Crippen LogP contribution in [-0.2, 0) is 4.79 Å². The average molecular weight is 333 g/mol. The van der Waals surface area contributed by atoms with Gasteiger partial charge in [-0.15, -0.1) is 0 Å². The maximum absolute atomic E-state index is 12.6. The highest BCUT2D eigenvalue weighted by atomic mass is 16.5. The number of carboxylic acids is 1. The SMILES string of the molecule is COc1cc(C(=O)N2CCC(C(=O)O)C2)ccc1OC1CCCC1. The number of benzene rings is 1. The lowest BCUT2D eigenvalue weighted by Crippen LogP contribution is -2.30. The van der Waals surface area contributed by atoms with Crippen molar-refractivity contribution in [3.05, 3.63) is 23.8 Å². The Morgan fingerprint density at radius 3 is 2.54 bits per heavy atom. The van der Waals surface area contributed by atoms with Crippen LogP contribution in [0.4, 0.5) is 0 Å². The van der Waals surface area contributed by atoms with Crippen molar-refractivity contribution in [3.8, 4) is 11.5 Å². The average Bonchev–Trinajstić information content (AvgIpc) is 3.26. The van der Waals surface area contributed by atoms with Crippen molar-refractivity contribution in [2.75, 3.05) is 20.2 Å². The third kappa shape index (κ3) is 3.47. The summed E-state index contributed by atoms with van der Waals surface area (Å²) in [6.45, 7) is 0.731. The van der Waals surface area contributed by atoms with Gasteiger partial charge in [-0.2, -0.15) is 0 Å². The molecule has 6 nitrogen and oxygen atoms in total. The minimum Gasteiger partial charge on any atom is -0.493 e. The van der Waals surface area contributed by atoms with E-state index < -0.39 is 11.9 Å². The zero-order valence-corrected chi connectivity index (χ0v) is 13.9. The smallest absolute Gasteiger partial charge is 0.308 e. The Balaban J connectivity index is 1.71. The molecule has 1 atom stereocenters. The molecule has 0 aromatic heterocycles. The van der Waals surface area contributed by atoms with Gasteiger partial charge in [0.15, 0.2) is 11.5 Å². The number of methoxy groups -OCH3 is 1. The molecule has 1 unspecified atom stereocenters. The molecule has 1 heterocycles. The van der Waals surface area contributed by atoms with Crippen LogP contribution in [0.15, 0.2) is 18.2 Å². The Morgan fingerprint density at radius 1 is 1.17 bits per heavy atom. The van der Waals surface area contributed by atoms with E-state index in [-0.39, 0.29) is 18.6 Å². The molecule has 130 valence electrons. The summed E-state index contributed by atoms with van der Waals surface area (Å²) in [4.78, 5) is 25.2. The van der Waals surface area contributed by atoms with Gasteiger partial charge in [0.2, 0.25) is 0 Å². The van der Waals surface area contributed by atoms with Crippen LogP contribution >= 0.6 is 0 Å². The molecular formula is C18H23NO5. The summed E-state index contributed by atoms with van der Waals surface area (Å²) in [6, 6.07) is 5.18. The Morgan fingerprint density at radius 2 is 1.92 bits per heavy atom. The van der Waals surface area contributed by atoms with Gasteiger partial charge in [0.05, 0.1) is 19.1 Å².